The largest absolute Gasteiger partial charge is 0.396 e. The quantitative estimate of drug-likeness (QED) is 0.877. The van der Waals surface area contributed by atoms with Crippen molar-refractivity contribution in [2.45, 2.75) is 19.5 Å². The molecule has 2 N–H and O–H groups in total. The maximum atomic E-state index is 12.5. The molecule has 2 atom stereocenters. The molecule has 0 radical (unpaired) electrons. The van der Waals surface area contributed by atoms with Crippen LogP contribution in [0.5, 0.6) is 0 Å². The van der Waals surface area contributed by atoms with Crippen molar-refractivity contribution >= 4 is 5.91 Å². The number of hydrogen-bond acceptors (Lipinski definition) is 4. The van der Waals surface area contributed by atoms with Crippen LogP contribution >= 0.6 is 0 Å². The predicted octanol–water partition coefficient (Wildman–Crippen LogP) is 1.61. The van der Waals surface area contributed by atoms with Crippen molar-refractivity contribution in [2.24, 2.45) is 5.92 Å². The lowest BCUT2D eigenvalue weighted by Gasteiger charge is -2.18. The van der Waals surface area contributed by atoms with Gasteiger partial charge in [-0.3, -0.25) is 14.7 Å². The van der Waals surface area contributed by atoms with Gasteiger partial charge in [0.1, 0.15) is 0 Å². The second kappa shape index (κ2) is 7.55. The summed E-state index contributed by atoms with van der Waals surface area (Å²) in [5.74, 6) is -0.0297. The number of likely N-dealkylation sites (tertiary alicyclic amines) is 1. The van der Waals surface area contributed by atoms with Crippen molar-refractivity contribution in [3.05, 3.63) is 65.5 Å². The molecule has 126 valence electrons. The van der Waals surface area contributed by atoms with Gasteiger partial charge in [-0.05, 0) is 30.7 Å². The van der Waals surface area contributed by atoms with Crippen molar-refractivity contribution in [1.29, 1.82) is 0 Å². The van der Waals surface area contributed by atoms with Gasteiger partial charge in [-0.15, -0.1) is 0 Å². The number of rotatable bonds is 5. The molecule has 0 saturated carbocycles. The Hall–Kier alpha value is -2.24. The molecule has 1 aromatic heterocycles. The van der Waals surface area contributed by atoms with E-state index in [4.69, 9.17) is 0 Å². The van der Waals surface area contributed by atoms with Gasteiger partial charge in [-0.25, -0.2) is 0 Å². The predicted molar refractivity (Wildman–Crippen MR) is 92.5 cm³/mol. The van der Waals surface area contributed by atoms with Gasteiger partial charge in [-0.1, -0.05) is 24.3 Å². The lowest BCUT2D eigenvalue weighted by Crippen LogP contribution is -2.41. The topological polar surface area (TPSA) is 65.5 Å². The molecule has 2 aromatic rings. The van der Waals surface area contributed by atoms with E-state index in [1.807, 2.05) is 49.4 Å². The zero-order valence-corrected chi connectivity index (χ0v) is 13.9. The zero-order valence-electron chi connectivity index (χ0n) is 13.9. The van der Waals surface area contributed by atoms with Crippen LogP contribution in [0.25, 0.3) is 0 Å². The second-order valence-corrected chi connectivity index (χ2v) is 6.35. The molecule has 1 aliphatic heterocycles. The number of amides is 1. The molecule has 1 fully saturated rings. The van der Waals surface area contributed by atoms with Crippen LogP contribution in [-0.4, -0.2) is 46.6 Å². The first-order valence-electron chi connectivity index (χ1n) is 8.27. The highest BCUT2D eigenvalue weighted by atomic mass is 16.3. The van der Waals surface area contributed by atoms with Gasteiger partial charge < -0.3 is 10.4 Å². The Kier molecular flexibility index (Phi) is 5.23. The van der Waals surface area contributed by atoms with Gasteiger partial charge >= 0.3 is 0 Å². The molecule has 2 unspecified atom stereocenters. The number of benzene rings is 1. The van der Waals surface area contributed by atoms with Crippen LogP contribution in [0.15, 0.2) is 48.7 Å². The van der Waals surface area contributed by atoms with Gasteiger partial charge in [0.2, 0.25) is 0 Å². The summed E-state index contributed by atoms with van der Waals surface area (Å²) in [6, 6.07) is 13.4. The summed E-state index contributed by atoms with van der Waals surface area (Å²) in [5.41, 5.74) is 2.65. The number of pyridine rings is 1. The number of carbonyl (C=O) groups excluding carboxylic acids is 1. The van der Waals surface area contributed by atoms with E-state index in [0.29, 0.717) is 5.56 Å². The summed E-state index contributed by atoms with van der Waals surface area (Å²) in [7, 11) is 0. The third-order valence-corrected chi connectivity index (χ3v) is 4.57. The molecule has 0 spiro atoms. The summed E-state index contributed by atoms with van der Waals surface area (Å²) in [6.45, 7) is 4.21. The number of nitrogens with zero attached hydrogens (tertiary/aromatic N) is 2. The maximum absolute atomic E-state index is 12.5. The fourth-order valence-electron chi connectivity index (χ4n) is 3.23. The highest BCUT2D eigenvalue weighted by molar-refractivity contribution is 5.95. The third kappa shape index (κ3) is 3.80. The Balaban J connectivity index is 1.65. The first-order valence-corrected chi connectivity index (χ1v) is 8.27. The first kappa shape index (κ1) is 16.6. The highest BCUT2D eigenvalue weighted by Gasteiger charge is 2.33. The molecule has 2 heterocycles. The highest BCUT2D eigenvalue weighted by Crippen LogP contribution is 2.19. The summed E-state index contributed by atoms with van der Waals surface area (Å²) in [5, 5.41) is 12.8. The molecule has 3 rings (SSSR count). The number of carbonyl (C=O) groups is 1. The molecule has 0 aliphatic carbocycles. The summed E-state index contributed by atoms with van der Waals surface area (Å²) < 4.78 is 0. The van der Waals surface area contributed by atoms with E-state index in [1.165, 1.54) is 0 Å². The number of aryl methyl sites for hydroxylation is 1. The van der Waals surface area contributed by atoms with E-state index in [2.05, 4.69) is 15.2 Å². The first-order chi connectivity index (χ1) is 11.7. The van der Waals surface area contributed by atoms with Gasteiger partial charge in [0.25, 0.3) is 5.91 Å². The lowest BCUT2D eigenvalue weighted by atomic mass is 10.0. The minimum Gasteiger partial charge on any atom is -0.396 e. The monoisotopic (exact) mass is 325 g/mol. The number of nitrogens with one attached hydrogen (secondary N) is 1. The van der Waals surface area contributed by atoms with E-state index in [9.17, 15) is 9.90 Å². The molecule has 1 aliphatic rings. The average Bonchev–Trinajstić information content (AvgIpc) is 2.97. The molecule has 1 amide bonds. The van der Waals surface area contributed by atoms with E-state index < -0.39 is 0 Å². The van der Waals surface area contributed by atoms with Gasteiger partial charge in [0.05, 0.1) is 5.69 Å². The Morgan fingerprint density at radius 3 is 2.75 bits per heavy atom. The molecule has 5 heteroatoms. The van der Waals surface area contributed by atoms with Crippen LogP contribution in [-0.2, 0) is 6.54 Å². The Labute approximate surface area is 142 Å². The number of aromatic nitrogens is 1. The molecule has 1 saturated heterocycles. The van der Waals surface area contributed by atoms with Crippen LogP contribution in [0.1, 0.15) is 21.6 Å². The zero-order chi connectivity index (χ0) is 16.9. The van der Waals surface area contributed by atoms with E-state index in [0.717, 1.165) is 30.9 Å². The van der Waals surface area contributed by atoms with Crippen molar-refractivity contribution in [2.75, 3.05) is 19.7 Å². The minimum absolute atomic E-state index is 0.0432. The van der Waals surface area contributed by atoms with Crippen LogP contribution < -0.4 is 5.32 Å². The molecule has 5 nitrogen and oxygen atoms in total. The maximum Gasteiger partial charge on any atom is 0.251 e. The summed E-state index contributed by atoms with van der Waals surface area (Å²) in [6.07, 6.45) is 1.78. The van der Waals surface area contributed by atoms with Crippen LogP contribution in [0.4, 0.5) is 0 Å². The fraction of sp³-hybridized carbons (Fsp3) is 0.368. The van der Waals surface area contributed by atoms with Crippen LogP contribution in [0.3, 0.4) is 0 Å². The average molecular weight is 325 g/mol. The molecular formula is C19H23N3O2. The van der Waals surface area contributed by atoms with Crippen LogP contribution in [0, 0.1) is 12.8 Å². The molecule has 24 heavy (non-hydrogen) atoms. The van der Waals surface area contributed by atoms with E-state index in [-0.39, 0.29) is 24.5 Å². The Bertz CT molecular complexity index is 690. The summed E-state index contributed by atoms with van der Waals surface area (Å²) >= 11 is 0. The fourth-order valence-corrected chi connectivity index (χ4v) is 3.23. The van der Waals surface area contributed by atoms with Crippen LogP contribution in [0.2, 0.25) is 0 Å². The van der Waals surface area contributed by atoms with Crippen molar-refractivity contribution in [3.8, 4) is 0 Å². The summed E-state index contributed by atoms with van der Waals surface area (Å²) in [4.78, 5) is 19.1. The van der Waals surface area contributed by atoms with Gasteiger partial charge in [0.15, 0.2) is 0 Å². The van der Waals surface area contributed by atoms with Gasteiger partial charge in [0, 0.05) is 50.0 Å². The van der Waals surface area contributed by atoms with Crippen molar-refractivity contribution in [1.82, 2.24) is 15.2 Å². The van der Waals surface area contributed by atoms with Gasteiger partial charge in [-0.2, -0.15) is 0 Å². The van der Waals surface area contributed by atoms with Crippen molar-refractivity contribution < 1.29 is 9.90 Å². The van der Waals surface area contributed by atoms with E-state index in [1.54, 1.807) is 6.20 Å². The molecular weight excluding hydrogens is 302 g/mol. The standard InChI is InChI=1S/C19H23N3O2/c1-14-6-2-3-8-17(14)19(24)21-18-12-22(10-15(18)13-23)11-16-7-4-5-9-20-16/h2-9,15,18,23H,10-13H2,1H3,(H,21,24). The molecule has 0 bridgehead atoms. The van der Waals surface area contributed by atoms with Crippen molar-refractivity contribution in [3.63, 3.8) is 0 Å². The normalized spacial score (nSPS) is 20.9. The number of hydrogen-bond donors (Lipinski definition) is 2. The number of aliphatic hydroxyl groups excluding tert-OH is 1. The smallest absolute Gasteiger partial charge is 0.251 e. The third-order valence-electron chi connectivity index (χ3n) is 4.57. The Morgan fingerprint density at radius 2 is 2.04 bits per heavy atom. The second-order valence-electron chi connectivity index (χ2n) is 6.35. The lowest BCUT2D eigenvalue weighted by molar-refractivity contribution is 0.0920. The van der Waals surface area contributed by atoms with E-state index >= 15 is 0 Å². The minimum atomic E-state index is -0.0729. The molecule has 1 aromatic carbocycles. The SMILES string of the molecule is Cc1ccccc1C(=O)NC1CN(Cc2ccccn2)CC1CO. The number of aliphatic hydroxyl groups is 1. The Morgan fingerprint density at radius 1 is 1.25 bits per heavy atom.